The predicted molar refractivity (Wildman–Crippen MR) is 104 cm³/mol. The molecule has 2 amide bonds. The molecule has 7 nitrogen and oxygen atoms in total. The van der Waals surface area contributed by atoms with Gasteiger partial charge in [-0.3, -0.25) is 9.59 Å². The van der Waals surface area contributed by atoms with Gasteiger partial charge in [0, 0.05) is 41.2 Å². The molecule has 3 aromatic rings. The van der Waals surface area contributed by atoms with Gasteiger partial charge in [0.25, 0.3) is 5.91 Å². The van der Waals surface area contributed by atoms with Crippen molar-refractivity contribution >= 4 is 28.9 Å². The number of aromatic nitrogens is 1. The Morgan fingerprint density at radius 1 is 1.22 bits per heavy atom. The number of methoxy groups -OCH3 is 1. The van der Waals surface area contributed by atoms with Crippen LogP contribution in [-0.2, 0) is 11.3 Å². The zero-order valence-electron chi connectivity index (χ0n) is 14.9. The van der Waals surface area contributed by atoms with E-state index >= 15 is 0 Å². The number of aryl methyl sites for hydroxylation is 1. The molecule has 7 heteroatoms. The quantitative estimate of drug-likeness (QED) is 0.497. The third kappa shape index (κ3) is 4.33. The number of ether oxygens (including phenoxy) is 1. The molecule has 0 radical (unpaired) electrons. The molecule has 0 atom stereocenters. The molecule has 0 bridgehead atoms. The first-order chi connectivity index (χ1) is 13.1. The van der Waals surface area contributed by atoms with Crippen LogP contribution in [0.15, 0.2) is 59.8 Å². The van der Waals surface area contributed by atoms with Gasteiger partial charge in [0.15, 0.2) is 0 Å². The first kappa shape index (κ1) is 18.2. The van der Waals surface area contributed by atoms with Crippen LogP contribution in [0.1, 0.15) is 22.3 Å². The Morgan fingerprint density at radius 2 is 2.04 bits per heavy atom. The minimum Gasteiger partial charge on any atom is -0.497 e. The maximum atomic E-state index is 12.2. The Labute approximate surface area is 156 Å². The molecular formula is C20H20N4O3. The Kier molecular flexibility index (Phi) is 5.51. The molecule has 3 N–H and O–H groups in total. The highest BCUT2D eigenvalue weighted by atomic mass is 16.5. The van der Waals surface area contributed by atoms with Crippen molar-refractivity contribution in [2.24, 2.45) is 10.8 Å². The van der Waals surface area contributed by atoms with E-state index in [1.165, 1.54) is 0 Å². The van der Waals surface area contributed by atoms with Crippen LogP contribution in [0, 0.1) is 0 Å². The number of hydrazone groups is 1. The largest absolute Gasteiger partial charge is 0.497 e. The maximum Gasteiger partial charge on any atom is 0.271 e. The van der Waals surface area contributed by atoms with Crippen molar-refractivity contribution in [2.75, 3.05) is 7.11 Å². The molecule has 0 saturated carbocycles. The van der Waals surface area contributed by atoms with Gasteiger partial charge in [-0.05, 0) is 24.3 Å². The second-order valence-electron chi connectivity index (χ2n) is 5.94. The summed E-state index contributed by atoms with van der Waals surface area (Å²) in [6.07, 6.45) is 3.72. The summed E-state index contributed by atoms with van der Waals surface area (Å²) in [7, 11) is 1.54. The molecular weight excluding hydrogens is 344 g/mol. The maximum absolute atomic E-state index is 12.2. The van der Waals surface area contributed by atoms with Crippen molar-refractivity contribution in [1.82, 2.24) is 9.99 Å². The number of rotatable bonds is 7. The van der Waals surface area contributed by atoms with Crippen molar-refractivity contribution in [1.29, 1.82) is 0 Å². The van der Waals surface area contributed by atoms with Gasteiger partial charge in [0.05, 0.1) is 13.3 Å². The number of amides is 2. The molecule has 0 aliphatic heterocycles. The van der Waals surface area contributed by atoms with Crippen LogP contribution in [0.4, 0.5) is 0 Å². The second kappa shape index (κ2) is 8.18. The standard InChI is InChI=1S/C20H20N4O3/c1-27-16-6-4-5-14(11-16)20(26)23-22-12-15-13-24(10-9-19(21)25)18-8-3-2-7-17(15)18/h2-8,11-13H,9-10H2,1H3,(H2,21,25)(H,23,26)/b22-12+. The van der Waals surface area contributed by atoms with Crippen LogP contribution < -0.4 is 15.9 Å². The van der Waals surface area contributed by atoms with Crippen LogP contribution in [0.2, 0.25) is 0 Å². The zero-order chi connectivity index (χ0) is 19.2. The van der Waals surface area contributed by atoms with Gasteiger partial charge in [-0.25, -0.2) is 5.43 Å². The fraction of sp³-hybridized carbons (Fsp3) is 0.150. The van der Waals surface area contributed by atoms with Crippen molar-refractivity contribution in [2.45, 2.75) is 13.0 Å². The first-order valence-electron chi connectivity index (χ1n) is 8.42. The summed E-state index contributed by atoms with van der Waals surface area (Å²) in [4.78, 5) is 23.3. The van der Waals surface area contributed by atoms with E-state index in [0.717, 1.165) is 16.5 Å². The lowest BCUT2D eigenvalue weighted by atomic mass is 10.2. The molecule has 2 aromatic carbocycles. The van der Waals surface area contributed by atoms with Crippen LogP contribution in [0.3, 0.4) is 0 Å². The van der Waals surface area contributed by atoms with Crippen molar-refractivity contribution in [3.8, 4) is 5.75 Å². The van der Waals surface area contributed by atoms with Crippen LogP contribution in [0.25, 0.3) is 10.9 Å². The number of hydrogen-bond acceptors (Lipinski definition) is 4. The number of primary amides is 1. The second-order valence-corrected chi connectivity index (χ2v) is 5.94. The lowest BCUT2D eigenvalue weighted by Crippen LogP contribution is -2.17. The Morgan fingerprint density at radius 3 is 2.81 bits per heavy atom. The normalized spacial score (nSPS) is 11.0. The molecule has 0 unspecified atom stereocenters. The SMILES string of the molecule is COc1cccc(C(=O)N/N=C/c2cn(CCC(N)=O)c3ccccc23)c1. The molecule has 138 valence electrons. The third-order valence-electron chi connectivity index (χ3n) is 4.12. The number of benzene rings is 2. The summed E-state index contributed by atoms with van der Waals surface area (Å²) in [5, 5.41) is 5.04. The molecule has 0 fully saturated rings. The van der Waals surface area contributed by atoms with Gasteiger partial charge in [0.2, 0.25) is 5.91 Å². The summed E-state index contributed by atoms with van der Waals surface area (Å²) >= 11 is 0. The number of fused-ring (bicyclic) bond motifs is 1. The van der Waals surface area contributed by atoms with Crippen LogP contribution >= 0.6 is 0 Å². The topological polar surface area (TPSA) is 98.7 Å². The van der Waals surface area contributed by atoms with E-state index in [-0.39, 0.29) is 18.2 Å². The van der Waals surface area contributed by atoms with Gasteiger partial charge >= 0.3 is 0 Å². The first-order valence-corrected chi connectivity index (χ1v) is 8.42. The summed E-state index contributed by atoms with van der Waals surface area (Å²) in [5.74, 6) is -0.0830. The molecule has 0 saturated heterocycles. The van der Waals surface area contributed by atoms with E-state index in [4.69, 9.17) is 10.5 Å². The Bertz CT molecular complexity index is 1010. The van der Waals surface area contributed by atoms with E-state index in [2.05, 4.69) is 10.5 Å². The van der Waals surface area contributed by atoms with Gasteiger partial charge in [-0.15, -0.1) is 0 Å². The van der Waals surface area contributed by atoms with Crippen LogP contribution in [0.5, 0.6) is 5.75 Å². The minimum atomic E-state index is -0.353. The number of nitrogens with zero attached hydrogens (tertiary/aromatic N) is 2. The molecule has 1 aromatic heterocycles. The number of para-hydroxylation sites is 1. The lowest BCUT2D eigenvalue weighted by Gasteiger charge is -2.02. The molecule has 27 heavy (non-hydrogen) atoms. The van der Waals surface area contributed by atoms with Crippen molar-refractivity contribution < 1.29 is 14.3 Å². The summed E-state index contributed by atoms with van der Waals surface area (Å²) in [5.41, 5.74) is 10.0. The number of nitrogens with one attached hydrogen (secondary N) is 1. The van der Waals surface area contributed by atoms with Gasteiger partial charge in [0.1, 0.15) is 5.75 Å². The van der Waals surface area contributed by atoms with E-state index in [1.807, 2.05) is 35.0 Å². The average Bonchev–Trinajstić information content (AvgIpc) is 3.04. The number of carbonyl (C=O) groups is 2. The van der Waals surface area contributed by atoms with Crippen molar-refractivity contribution in [3.63, 3.8) is 0 Å². The molecule has 3 rings (SSSR count). The highest BCUT2D eigenvalue weighted by Crippen LogP contribution is 2.20. The third-order valence-corrected chi connectivity index (χ3v) is 4.12. The fourth-order valence-corrected chi connectivity index (χ4v) is 2.78. The minimum absolute atomic E-state index is 0.252. The number of carbonyl (C=O) groups excluding carboxylic acids is 2. The Balaban J connectivity index is 1.77. The average molecular weight is 364 g/mol. The van der Waals surface area contributed by atoms with Gasteiger partial charge in [-0.1, -0.05) is 24.3 Å². The Hall–Kier alpha value is -3.61. The molecule has 0 aliphatic carbocycles. The number of hydrogen-bond donors (Lipinski definition) is 2. The van der Waals surface area contributed by atoms with E-state index in [0.29, 0.717) is 17.9 Å². The van der Waals surface area contributed by atoms with Crippen LogP contribution in [-0.4, -0.2) is 29.7 Å². The molecule has 0 aliphatic rings. The van der Waals surface area contributed by atoms with Crippen molar-refractivity contribution in [3.05, 3.63) is 65.9 Å². The lowest BCUT2D eigenvalue weighted by molar-refractivity contribution is -0.118. The fourth-order valence-electron chi connectivity index (χ4n) is 2.78. The summed E-state index contributed by atoms with van der Waals surface area (Å²) in [6, 6.07) is 14.6. The van der Waals surface area contributed by atoms with E-state index in [1.54, 1.807) is 37.6 Å². The summed E-state index contributed by atoms with van der Waals surface area (Å²) in [6.45, 7) is 0.486. The van der Waals surface area contributed by atoms with E-state index < -0.39 is 0 Å². The van der Waals surface area contributed by atoms with Gasteiger partial charge in [-0.2, -0.15) is 5.10 Å². The predicted octanol–water partition coefficient (Wildman–Crippen LogP) is 2.29. The summed E-state index contributed by atoms with van der Waals surface area (Å²) < 4.78 is 7.07. The highest BCUT2D eigenvalue weighted by Gasteiger charge is 2.08. The number of nitrogens with two attached hydrogens (primary N) is 1. The molecule has 0 spiro atoms. The monoisotopic (exact) mass is 364 g/mol. The van der Waals surface area contributed by atoms with Gasteiger partial charge < -0.3 is 15.0 Å². The smallest absolute Gasteiger partial charge is 0.271 e. The van der Waals surface area contributed by atoms with E-state index in [9.17, 15) is 9.59 Å². The zero-order valence-corrected chi connectivity index (χ0v) is 14.9. The highest BCUT2D eigenvalue weighted by molar-refractivity contribution is 6.00. The molecule has 1 heterocycles.